The largest absolute Gasteiger partial charge is 0.465 e. The number of methoxy groups -OCH3 is 1. The van der Waals surface area contributed by atoms with Gasteiger partial charge in [0.25, 0.3) is 0 Å². The zero-order valence-electron chi connectivity index (χ0n) is 15.2. The van der Waals surface area contributed by atoms with Gasteiger partial charge in [0.2, 0.25) is 5.95 Å². The van der Waals surface area contributed by atoms with E-state index in [1.165, 1.54) is 12.7 Å². The molecule has 0 atom stereocenters. The predicted octanol–water partition coefficient (Wildman–Crippen LogP) is 4.05. The molecule has 0 aliphatic rings. The summed E-state index contributed by atoms with van der Waals surface area (Å²) in [7, 11) is 1.36. The summed E-state index contributed by atoms with van der Waals surface area (Å²) in [5, 5.41) is 6.39. The molecule has 1 aromatic heterocycles. The average molecular weight is 362 g/mol. The third-order valence-corrected chi connectivity index (χ3v) is 4.03. The summed E-state index contributed by atoms with van der Waals surface area (Å²) in [5.41, 5.74) is 2.36. The van der Waals surface area contributed by atoms with Crippen molar-refractivity contribution in [1.82, 2.24) is 9.97 Å². The Labute approximate surface area is 158 Å². The van der Waals surface area contributed by atoms with Crippen LogP contribution in [0, 0.1) is 0 Å². The van der Waals surface area contributed by atoms with E-state index in [2.05, 4.69) is 44.9 Å². The molecule has 3 aromatic rings. The first-order valence-corrected chi connectivity index (χ1v) is 8.81. The van der Waals surface area contributed by atoms with Gasteiger partial charge in [-0.1, -0.05) is 42.5 Å². The molecule has 0 aliphatic carbocycles. The third-order valence-electron chi connectivity index (χ3n) is 4.03. The molecule has 0 aliphatic heterocycles. The van der Waals surface area contributed by atoms with Gasteiger partial charge in [-0.25, -0.2) is 9.78 Å². The number of para-hydroxylation sites is 1. The molecule has 3 rings (SSSR count). The van der Waals surface area contributed by atoms with Crippen molar-refractivity contribution in [2.24, 2.45) is 0 Å². The first-order chi connectivity index (χ1) is 13.3. The highest BCUT2D eigenvalue weighted by atomic mass is 16.5. The fourth-order valence-corrected chi connectivity index (χ4v) is 2.67. The second-order valence-electron chi connectivity index (χ2n) is 5.94. The quantitative estimate of drug-likeness (QED) is 0.465. The van der Waals surface area contributed by atoms with Gasteiger partial charge in [0.1, 0.15) is 5.82 Å². The molecule has 2 N–H and O–H groups in total. The van der Waals surface area contributed by atoms with Gasteiger partial charge in [0.15, 0.2) is 0 Å². The highest BCUT2D eigenvalue weighted by Gasteiger charge is 2.12. The summed E-state index contributed by atoms with van der Waals surface area (Å²) < 4.78 is 4.81. The van der Waals surface area contributed by atoms with Crippen LogP contribution in [0.2, 0.25) is 0 Å². The predicted molar refractivity (Wildman–Crippen MR) is 106 cm³/mol. The van der Waals surface area contributed by atoms with E-state index in [-0.39, 0.29) is 0 Å². The fraction of sp³-hybridized carbons (Fsp3) is 0.190. The maximum atomic E-state index is 11.9. The minimum Gasteiger partial charge on any atom is -0.465 e. The highest BCUT2D eigenvalue weighted by molar-refractivity contribution is 5.96. The summed E-state index contributed by atoms with van der Waals surface area (Å²) in [6.45, 7) is 0.810. The van der Waals surface area contributed by atoms with E-state index in [9.17, 15) is 4.79 Å². The van der Waals surface area contributed by atoms with E-state index in [0.717, 1.165) is 25.2 Å². The van der Waals surface area contributed by atoms with Gasteiger partial charge in [-0.15, -0.1) is 0 Å². The monoisotopic (exact) mass is 362 g/mol. The van der Waals surface area contributed by atoms with Crippen LogP contribution in [0.15, 0.2) is 66.9 Å². The van der Waals surface area contributed by atoms with Crippen molar-refractivity contribution in [1.29, 1.82) is 0 Å². The summed E-state index contributed by atoms with van der Waals surface area (Å²) in [6, 6.07) is 19.3. The molecular formula is C21H22N4O2. The van der Waals surface area contributed by atoms with Crippen LogP contribution in [0.25, 0.3) is 0 Å². The first-order valence-electron chi connectivity index (χ1n) is 8.81. The van der Waals surface area contributed by atoms with E-state index >= 15 is 0 Å². The summed E-state index contributed by atoms with van der Waals surface area (Å²) in [5.74, 6) is 0.740. The lowest BCUT2D eigenvalue weighted by Crippen LogP contribution is -2.08. The molecule has 0 radical (unpaired) electrons. The Kier molecular flexibility index (Phi) is 6.35. The maximum absolute atomic E-state index is 11.9. The van der Waals surface area contributed by atoms with Gasteiger partial charge in [-0.2, -0.15) is 4.98 Å². The molecule has 0 saturated carbocycles. The van der Waals surface area contributed by atoms with E-state index in [0.29, 0.717) is 17.2 Å². The molecule has 6 nitrogen and oxygen atoms in total. The molecule has 0 saturated heterocycles. The number of benzene rings is 2. The Hall–Kier alpha value is -3.41. The lowest BCUT2D eigenvalue weighted by Gasteiger charge is -2.11. The number of hydrogen-bond acceptors (Lipinski definition) is 6. The Morgan fingerprint density at radius 3 is 2.63 bits per heavy atom. The SMILES string of the molecule is COC(=O)c1ccccc1Nc1nccc(NCCCc2ccccc2)n1. The summed E-state index contributed by atoms with van der Waals surface area (Å²) in [6.07, 6.45) is 3.69. The number of nitrogens with one attached hydrogen (secondary N) is 2. The van der Waals surface area contributed by atoms with Crippen LogP contribution in [0.5, 0.6) is 0 Å². The molecule has 1 heterocycles. The molecular weight excluding hydrogens is 340 g/mol. The lowest BCUT2D eigenvalue weighted by atomic mass is 10.1. The number of anilines is 3. The molecule has 6 heteroatoms. The number of esters is 1. The van der Waals surface area contributed by atoms with Crippen molar-refractivity contribution in [3.05, 3.63) is 78.0 Å². The molecule has 0 spiro atoms. The number of aryl methyl sites for hydroxylation is 1. The fourth-order valence-electron chi connectivity index (χ4n) is 2.67. The van der Waals surface area contributed by atoms with Crippen LogP contribution < -0.4 is 10.6 Å². The van der Waals surface area contributed by atoms with Crippen molar-refractivity contribution in [2.75, 3.05) is 24.3 Å². The topological polar surface area (TPSA) is 76.1 Å². The third kappa shape index (κ3) is 5.28. The summed E-state index contributed by atoms with van der Waals surface area (Å²) in [4.78, 5) is 20.5. The Balaban J connectivity index is 1.58. The zero-order valence-corrected chi connectivity index (χ0v) is 15.2. The number of hydrogen-bond donors (Lipinski definition) is 2. The van der Waals surface area contributed by atoms with Crippen molar-refractivity contribution in [3.8, 4) is 0 Å². The van der Waals surface area contributed by atoms with Gasteiger partial charge in [0, 0.05) is 12.7 Å². The summed E-state index contributed by atoms with van der Waals surface area (Å²) >= 11 is 0. The Bertz CT molecular complexity index is 884. The number of nitrogens with zero attached hydrogens (tertiary/aromatic N) is 2. The van der Waals surface area contributed by atoms with Gasteiger partial charge >= 0.3 is 5.97 Å². The number of aromatic nitrogens is 2. The van der Waals surface area contributed by atoms with E-state index in [4.69, 9.17) is 4.74 Å². The lowest BCUT2D eigenvalue weighted by molar-refractivity contribution is 0.0602. The molecule has 138 valence electrons. The van der Waals surface area contributed by atoms with Crippen molar-refractivity contribution in [2.45, 2.75) is 12.8 Å². The van der Waals surface area contributed by atoms with Crippen LogP contribution in [0.3, 0.4) is 0 Å². The van der Waals surface area contributed by atoms with E-state index in [1.54, 1.807) is 24.4 Å². The second kappa shape index (κ2) is 9.33. The van der Waals surface area contributed by atoms with Crippen molar-refractivity contribution in [3.63, 3.8) is 0 Å². The van der Waals surface area contributed by atoms with Crippen LogP contribution in [0.1, 0.15) is 22.3 Å². The molecule has 27 heavy (non-hydrogen) atoms. The minimum atomic E-state index is -0.409. The molecule has 0 bridgehead atoms. The molecule has 0 unspecified atom stereocenters. The zero-order chi connectivity index (χ0) is 18.9. The van der Waals surface area contributed by atoms with E-state index in [1.807, 2.05) is 18.2 Å². The molecule has 0 fully saturated rings. The Morgan fingerprint density at radius 2 is 1.81 bits per heavy atom. The number of rotatable bonds is 8. The van der Waals surface area contributed by atoms with Crippen LogP contribution in [-0.2, 0) is 11.2 Å². The van der Waals surface area contributed by atoms with Crippen LogP contribution in [-0.4, -0.2) is 29.6 Å². The minimum absolute atomic E-state index is 0.409. The highest BCUT2D eigenvalue weighted by Crippen LogP contribution is 2.20. The normalized spacial score (nSPS) is 10.3. The average Bonchev–Trinajstić information content (AvgIpc) is 2.72. The van der Waals surface area contributed by atoms with Crippen LogP contribution >= 0.6 is 0 Å². The van der Waals surface area contributed by atoms with Gasteiger partial charge in [0.05, 0.1) is 18.4 Å². The second-order valence-corrected chi connectivity index (χ2v) is 5.94. The van der Waals surface area contributed by atoms with Crippen molar-refractivity contribution >= 4 is 23.4 Å². The van der Waals surface area contributed by atoms with Gasteiger partial charge in [-0.3, -0.25) is 0 Å². The van der Waals surface area contributed by atoms with Gasteiger partial charge in [-0.05, 0) is 36.6 Å². The Morgan fingerprint density at radius 1 is 1.04 bits per heavy atom. The number of ether oxygens (including phenoxy) is 1. The molecule has 0 amide bonds. The first kappa shape index (κ1) is 18.4. The standard InChI is InChI=1S/C21H22N4O2/c1-27-20(26)17-11-5-6-12-18(17)24-21-23-15-13-19(25-21)22-14-7-10-16-8-3-2-4-9-16/h2-6,8-9,11-13,15H,7,10,14H2,1H3,(H2,22,23,24,25). The smallest absolute Gasteiger partial charge is 0.339 e. The maximum Gasteiger partial charge on any atom is 0.339 e. The van der Waals surface area contributed by atoms with Crippen LogP contribution in [0.4, 0.5) is 17.5 Å². The molecule has 2 aromatic carbocycles. The van der Waals surface area contributed by atoms with E-state index < -0.39 is 5.97 Å². The van der Waals surface area contributed by atoms with Crippen molar-refractivity contribution < 1.29 is 9.53 Å². The number of carbonyl (C=O) groups is 1. The van der Waals surface area contributed by atoms with Gasteiger partial charge < -0.3 is 15.4 Å². The number of carbonyl (C=O) groups excluding carboxylic acids is 1.